The number of para-hydroxylation sites is 1. The molecule has 1 aromatic carbocycles. The van der Waals surface area contributed by atoms with E-state index in [0.717, 1.165) is 17.2 Å². The summed E-state index contributed by atoms with van der Waals surface area (Å²) in [6.07, 6.45) is 3.19. The summed E-state index contributed by atoms with van der Waals surface area (Å²) in [4.78, 5) is 22.5. The Morgan fingerprint density at radius 3 is 2.94 bits per heavy atom. The van der Waals surface area contributed by atoms with Crippen LogP contribution in [0.3, 0.4) is 0 Å². The third-order valence-corrected chi connectivity index (χ3v) is 2.90. The molecule has 0 aliphatic rings. The Labute approximate surface area is 106 Å². The van der Waals surface area contributed by atoms with E-state index in [0.29, 0.717) is 25.1 Å². The average molecular weight is 244 g/mol. The zero-order valence-corrected chi connectivity index (χ0v) is 10.3. The van der Waals surface area contributed by atoms with Crippen molar-refractivity contribution in [1.29, 1.82) is 0 Å². The fraction of sp³-hybridized carbons (Fsp3) is 0.286. The van der Waals surface area contributed by atoms with Crippen molar-refractivity contribution >= 4 is 23.1 Å². The van der Waals surface area contributed by atoms with Crippen LogP contribution in [-0.4, -0.2) is 23.3 Å². The normalized spacial score (nSPS) is 10.5. The van der Waals surface area contributed by atoms with E-state index in [9.17, 15) is 9.59 Å². The number of amides is 1. The molecule has 0 radical (unpaired) electrons. The van der Waals surface area contributed by atoms with Gasteiger partial charge in [0.15, 0.2) is 6.29 Å². The van der Waals surface area contributed by atoms with Gasteiger partial charge in [-0.3, -0.25) is 9.59 Å². The molecule has 0 bridgehead atoms. The first-order valence-electron chi connectivity index (χ1n) is 6.06. The third kappa shape index (κ3) is 2.42. The van der Waals surface area contributed by atoms with Gasteiger partial charge in [-0.15, -0.1) is 0 Å². The molecule has 0 spiro atoms. The first-order chi connectivity index (χ1) is 8.76. The van der Waals surface area contributed by atoms with Crippen LogP contribution in [0.15, 0.2) is 30.5 Å². The number of benzene rings is 1. The van der Waals surface area contributed by atoms with Gasteiger partial charge in [-0.05, 0) is 19.1 Å². The van der Waals surface area contributed by atoms with Gasteiger partial charge in [-0.25, -0.2) is 0 Å². The van der Waals surface area contributed by atoms with Crippen LogP contribution < -0.4 is 5.32 Å². The highest BCUT2D eigenvalue weighted by Crippen LogP contribution is 2.19. The molecular formula is C14H16N2O2. The first kappa shape index (κ1) is 12.4. The van der Waals surface area contributed by atoms with Gasteiger partial charge in [0.05, 0.1) is 5.52 Å². The summed E-state index contributed by atoms with van der Waals surface area (Å²) in [6, 6.07) is 7.57. The van der Waals surface area contributed by atoms with E-state index in [1.165, 1.54) is 0 Å². The van der Waals surface area contributed by atoms with Crippen molar-refractivity contribution in [1.82, 2.24) is 9.88 Å². The van der Waals surface area contributed by atoms with Gasteiger partial charge in [0.25, 0.3) is 0 Å². The largest absolute Gasteiger partial charge is 0.356 e. The minimum atomic E-state index is 0.0305. The van der Waals surface area contributed by atoms with E-state index in [2.05, 4.69) is 5.32 Å². The highest BCUT2D eigenvalue weighted by molar-refractivity contribution is 5.96. The average Bonchev–Trinajstić information content (AvgIpc) is 2.80. The van der Waals surface area contributed by atoms with Gasteiger partial charge in [-0.1, -0.05) is 12.1 Å². The number of hydrogen-bond acceptors (Lipinski definition) is 2. The van der Waals surface area contributed by atoms with Crippen LogP contribution in [0, 0.1) is 0 Å². The van der Waals surface area contributed by atoms with Gasteiger partial charge in [0.2, 0.25) is 5.91 Å². The second kappa shape index (κ2) is 5.49. The molecule has 1 heterocycles. The molecule has 94 valence electrons. The van der Waals surface area contributed by atoms with Crippen molar-refractivity contribution in [2.24, 2.45) is 0 Å². The molecule has 1 amide bonds. The van der Waals surface area contributed by atoms with Crippen molar-refractivity contribution in [3.63, 3.8) is 0 Å². The maximum Gasteiger partial charge on any atom is 0.221 e. The lowest BCUT2D eigenvalue weighted by atomic mass is 10.1. The van der Waals surface area contributed by atoms with Gasteiger partial charge in [-0.2, -0.15) is 0 Å². The summed E-state index contributed by atoms with van der Waals surface area (Å²) in [5, 5.41) is 3.79. The lowest BCUT2D eigenvalue weighted by Gasteiger charge is -2.07. The zero-order valence-electron chi connectivity index (χ0n) is 10.3. The van der Waals surface area contributed by atoms with Crippen molar-refractivity contribution in [2.75, 3.05) is 6.54 Å². The molecule has 0 atom stereocenters. The summed E-state index contributed by atoms with van der Waals surface area (Å²) in [7, 11) is 0. The van der Waals surface area contributed by atoms with Crippen molar-refractivity contribution in [2.45, 2.75) is 19.9 Å². The topological polar surface area (TPSA) is 51.1 Å². The smallest absolute Gasteiger partial charge is 0.221 e. The number of aromatic nitrogens is 1. The second-order valence-corrected chi connectivity index (χ2v) is 4.12. The molecule has 0 aliphatic carbocycles. The van der Waals surface area contributed by atoms with E-state index in [-0.39, 0.29) is 5.91 Å². The maximum absolute atomic E-state index is 11.4. The molecule has 1 aromatic heterocycles. The lowest BCUT2D eigenvalue weighted by molar-refractivity contribution is -0.121. The number of carbonyl (C=O) groups is 2. The fourth-order valence-electron chi connectivity index (χ4n) is 2.08. The quantitative estimate of drug-likeness (QED) is 0.818. The number of carbonyl (C=O) groups excluding carboxylic acids is 2. The molecule has 1 N–H and O–H groups in total. The first-order valence-corrected chi connectivity index (χ1v) is 6.06. The van der Waals surface area contributed by atoms with E-state index in [1.54, 1.807) is 6.07 Å². The lowest BCUT2D eigenvalue weighted by Crippen LogP contribution is -2.23. The number of fused-ring (bicyclic) bond motifs is 1. The Balaban J connectivity index is 2.23. The summed E-state index contributed by atoms with van der Waals surface area (Å²) in [6.45, 7) is 3.12. The number of hydrogen-bond donors (Lipinski definition) is 1. The highest BCUT2D eigenvalue weighted by atomic mass is 16.1. The Hall–Kier alpha value is -2.10. The predicted octanol–water partition coefficient (Wildman–Crippen LogP) is 1.98. The van der Waals surface area contributed by atoms with E-state index in [4.69, 9.17) is 0 Å². The van der Waals surface area contributed by atoms with Crippen LogP contribution in [0.25, 0.3) is 10.9 Å². The third-order valence-electron chi connectivity index (χ3n) is 2.90. The molecule has 2 aromatic rings. The predicted molar refractivity (Wildman–Crippen MR) is 70.6 cm³/mol. The molecule has 4 heteroatoms. The molecule has 0 aliphatic heterocycles. The Bertz CT molecular complexity index is 572. The minimum absolute atomic E-state index is 0.0305. The molecule has 18 heavy (non-hydrogen) atoms. The van der Waals surface area contributed by atoms with Crippen LogP contribution in [0.5, 0.6) is 0 Å². The van der Waals surface area contributed by atoms with Crippen LogP contribution >= 0.6 is 0 Å². The molecular weight excluding hydrogens is 228 g/mol. The Morgan fingerprint density at radius 1 is 1.39 bits per heavy atom. The molecule has 2 rings (SSSR count). The number of rotatable bonds is 5. The Morgan fingerprint density at radius 2 is 2.22 bits per heavy atom. The zero-order chi connectivity index (χ0) is 13.0. The van der Waals surface area contributed by atoms with Gasteiger partial charge in [0, 0.05) is 36.7 Å². The standard InChI is InChI=1S/C14H16N2O2/c1-2-15-13(18)7-9-16-8-6-11-4-3-5-12(10-17)14(11)16/h3-6,8,10H,2,7,9H2,1H3,(H,15,18). The summed E-state index contributed by atoms with van der Waals surface area (Å²) in [5.41, 5.74) is 1.56. The molecule has 0 saturated heterocycles. The van der Waals surface area contributed by atoms with E-state index < -0.39 is 0 Å². The van der Waals surface area contributed by atoms with Gasteiger partial charge < -0.3 is 9.88 Å². The van der Waals surface area contributed by atoms with E-state index in [1.807, 2.05) is 35.9 Å². The number of nitrogens with zero attached hydrogens (tertiary/aromatic N) is 1. The molecule has 0 saturated carbocycles. The van der Waals surface area contributed by atoms with Crippen molar-refractivity contribution in [3.05, 3.63) is 36.0 Å². The van der Waals surface area contributed by atoms with E-state index >= 15 is 0 Å². The summed E-state index contributed by atoms with van der Waals surface area (Å²) >= 11 is 0. The van der Waals surface area contributed by atoms with Crippen LogP contribution in [0.4, 0.5) is 0 Å². The van der Waals surface area contributed by atoms with Gasteiger partial charge >= 0.3 is 0 Å². The summed E-state index contributed by atoms with van der Waals surface area (Å²) in [5.74, 6) is 0.0305. The Kier molecular flexibility index (Phi) is 3.77. The maximum atomic E-state index is 11.4. The SMILES string of the molecule is CCNC(=O)CCn1ccc2cccc(C=O)c21. The fourth-order valence-corrected chi connectivity index (χ4v) is 2.08. The summed E-state index contributed by atoms with van der Waals surface area (Å²) < 4.78 is 1.95. The number of nitrogens with one attached hydrogen (secondary N) is 1. The minimum Gasteiger partial charge on any atom is -0.356 e. The monoisotopic (exact) mass is 244 g/mol. The number of aldehydes is 1. The number of aryl methyl sites for hydroxylation is 1. The van der Waals surface area contributed by atoms with Crippen LogP contribution in [-0.2, 0) is 11.3 Å². The van der Waals surface area contributed by atoms with Gasteiger partial charge in [0.1, 0.15) is 0 Å². The van der Waals surface area contributed by atoms with Crippen LogP contribution in [0.2, 0.25) is 0 Å². The van der Waals surface area contributed by atoms with Crippen molar-refractivity contribution in [3.8, 4) is 0 Å². The molecule has 0 fully saturated rings. The van der Waals surface area contributed by atoms with Crippen molar-refractivity contribution < 1.29 is 9.59 Å². The molecule has 0 unspecified atom stereocenters. The van der Waals surface area contributed by atoms with Crippen LogP contribution in [0.1, 0.15) is 23.7 Å². The second-order valence-electron chi connectivity index (χ2n) is 4.12. The molecule has 4 nitrogen and oxygen atoms in total. The highest BCUT2D eigenvalue weighted by Gasteiger charge is 2.07.